The number of hydrogen-bond acceptors (Lipinski definition) is 3. The van der Waals surface area contributed by atoms with Gasteiger partial charge in [-0.15, -0.1) is 0 Å². The Morgan fingerprint density at radius 3 is 2.93 bits per heavy atom. The normalized spacial score (nSPS) is 10.1. The second kappa shape index (κ2) is 3.67. The molecule has 0 fully saturated rings. The first-order chi connectivity index (χ1) is 6.79. The van der Waals surface area contributed by atoms with E-state index in [0.717, 1.165) is 28.3 Å². The lowest BCUT2D eigenvalue weighted by atomic mass is 10.2. The smallest absolute Gasteiger partial charge is 0.304 e. The van der Waals surface area contributed by atoms with Gasteiger partial charge in [0.15, 0.2) is 0 Å². The lowest BCUT2D eigenvalue weighted by molar-refractivity contribution is 0.415. The molecule has 1 aromatic heterocycles. The van der Waals surface area contributed by atoms with E-state index in [1.54, 1.807) is 12.5 Å². The summed E-state index contributed by atoms with van der Waals surface area (Å²) in [7, 11) is 1.62. The van der Waals surface area contributed by atoms with Crippen LogP contribution in [0.2, 0.25) is 0 Å². The van der Waals surface area contributed by atoms with Crippen molar-refractivity contribution in [1.29, 1.82) is 0 Å². The first-order valence-corrected chi connectivity index (χ1v) is 5.00. The Morgan fingerprint density at radius 1 is 1.43 bits per heavy atom. The van der Waals surface area contributed by atoms with Crippen molar-refractivity contribution in [2.24, 2.45) is 0 Å². The summed E-state index contributed by atoms with van der Waals surface area (Å²) in [5.41, 5.74) is 1.79. The maximum atomic E-state index is 10.9. The minimum atomic E-state index is -0.0391. The van der Waals surface area contributed by atoms with Crippen LogP contribution in [0.4, 0.5) is 0 Å². The molecule has 0 amide bonds. The van der Waals surface area contributed by atoms with Gasteiger partial charge in [-0.3, -0.25) is 4.79 Å². The van der Waals surface area contributed by atoms with Gasteiger partial charge in [0.2, 0.25) is 0 Å². The van der Waals surface area contributed by atoms with Crippen LogP contribution in [0.1, 0.15) is 0 Å². The van der Waals surface area contributed by atoms with E-state index in [1.165, 1.54) is 0 Å². The van der Waals surface area contributed by atoms with Crippen LogP contribution in [0.3, 0.4) is 0 Å². The molecule has 0 unspecified atom stereocenters. The maximum absolute atomic E-state index is 10.9. The third-order valence-electron chi connectivity index (χ3n) is 1.90. The molecule has 2 aromatic rings. The van der Waals surface area contributed by atoms with Gasteiger partial charge in [-0.1, -0.05) is 23.5 Å². The SMILES string of the molecule is COc1cccc(-c2csc(=O)[nH]2)c1. The van der Waals surface area contributed by atoms with E-state index < -0.39 is 0 Å². The van der Waals surface area contributed by atoms with Gasteiger partial charge >= 0.3 is 4.87 Å². The van der Waals surface area contributed by atoms with Crippen molar-refractivity contribution < 1.29 is 4.74 Å². The van der Waals surface area contributed by atoms with Crippen LogP contribution in [0.5, 0.6) is 5.75 Å². The standard InChI is InChI=1S/C10H9NO2S/c1-13-8-4-2-3-7(5-8)9-6-14-10(12)11-9/h2-6H,1H3,(H,11,12). The second-order valence-electron chi connectivity index (χ2n) is 2.79. The van der Waals surface area contributed by atoms with E-state index >= 15 is 0 Å². The minimum absolute atomic E-state index is 0.0391. The first-order valence-electron chi connectivity index (χ1n) is 4.12. The molecule has 0 spiro atoms. The second-order valence-corrected chi connectivity index (χ2v) is 3.64. The summed E-state index contributed by atoms with van der Waals surface area (Å²) in [6.45, 7) is 0. The number of ether oxygens (including phenoxy) is 1. The van der Waals surface area contributed by atoms with Gasteiger partial charge in [-0.05, 0) is 12.1 Å². The fourth-order valence-electron chi connectivity index (χ4n) is 1.21. The Balaban J connectivity index is 2.46. The van der Waals surface area contributed by atoms with E-state index in [4.69, 9.17) is 4.74 Å². The molecule has 14 heavy (non-hydrogen) atoms. The molecule has 2 rings (SSSR count). The van der Waals surface area contributed by atoms with Crippen LogP contribution in [-0.4, -0.2) is 12.1 Å². The van der Waals surface area contributed by atoms with Gasteiger partial charge in [-0.2, -0.15) is 0 Å². The summed E-state index contributed by atoms with van der Waals surface area (Å²) in [6, 6.07) is 7.58. The molecule has 0 atom stereocenters. The van der Waals surface area contributed by atoms with Gasteiger partial charge in [0.25, 0.3) is 0 Å². The number of H-pyrrole nitrogens is 1. The lowest BCUT2D eigenvalue weighted by Gasteiger charge is -2.01. The Hall–Kier alpha value is -1.55. The lowest BCUT2D eigenvalue weighted by Crippen LogP contribution is -1.92. The van der Waals surface area contributed by atoms with Crippen molar-refractivity contribution in [3.05, 3.63) is 39.3 Å². The monoisotopic (exact) mass is 207 g/mol. The highest BCUT2D eigenvalue weighted by atomic mass is 32.1. The number of thiazole rings is 1. The number of aromatic amines is 1. The van der Waals surface area contributed by atoms with Crippen molar-refractivity contribution in [3.63, 3.8) is 0 Å². The molecule has 0 saturated heterocycles. The minimum Gasteiger partial charge on any atom is -0.497 e. The van der Waals surface area contributed by atoms with Crippen LogP contribution in [-0.2, 0) is 0 Å². The van der Waals surface area contributed by atoms with E-state index in [2.05, 4.69) is 4.98 Å². The molecule has 0 aliphatic carbocycles. The van der Waals surface area contributed by atoms with Crippen molar-refractivity contribution in [2.45, 2.75) is 0 Å². The quantitative estimate of drug-likeness (QED) is 0.819. The average Bonchev–Trinajstić information content (AvgIpc) is 2.65. The van der Waals surface area contributed by atoms with Gasteiger partial charge in [0, 0.05) is 10.9 Å². The number of methoxy groups -OCH3 is 1. The third-order valence-corrected chi connectivity index (χ3v) is 2.57. The Kier molecular flexibility index (Phi) is 2.37. The van der Waals surface area contributed by atoms with Crippen molar-refractivity contribution >= 4 is 11.3 Å². The zero-order chi connectivity index (χ0) is 9.97. The molecule has 0 saturated carbocycles. The molecule has 3 nitrogen and oxygen atoms in total. The maximum Gasteiger partial charge on any atom is 0.304 e. The van der Waals surface area contributed by atoms with Crippen LogP contribution < -0.4 is 9.61 Å². The number of aromatic nitrogens is 1. The predicted molar refractivity (Wildman–Crippen MR) is 56.9 cm³/mol. The zero-order valence-corrected chi connectivity index (χ0v) is 8.43. The van der Waals surface area contributed by atoms with Crippen LogP contribution >= 0.6 is 11.3 Å². The third kappa shape index (κ3) is 1.70. The van der Waals surface area contributed by atoms with Crippen LogP contribution in [0.25, 0.3) is 11.3 Å². The van der Waals surface area contributed by atoms with Gasteiger partial charge in [0.1, 0.15) is 5.75 Å². The fraction of sp³-hybridized carbons (Fsp3) is 0.100. The molecule has 0 bridgehead atoms. The highest BCUT2D eigenvalue weighted by Gasteiger charge is 2.01. The highest BCUT2D eigenvalue weighted by molar-refractivity contribution is 7.07. The molecular weight excluding hydrogens is 198 g/mol. The van der Waals surface area contributed by atoms with Crippen LogP contribution in [0, 0.1) is 0 Å². The van der Waals surface area contributed by atoms with Crippen molar-refractivity contribution in [2.75, 3.05) is 7.11 Å². The molecule has 0 radical (unpaired) electrons. The summed E-state index contributed by atoms with van der Waals surface area (Å²) >= 11 is 1.16. The Bertz CT molecular complexity index is 487. The predicted octanol–water partition coefficient (Wildman–Crippen LogP) is 2.11. The molecule has 1 N–H and O–H groups in total. The van der Waals surface area contributed by atoms with Crippen LogP contribution in [0.15, 0.2) is 34.4 Å². The molecule has 1 aromatic carbocycles. The number of hydrogen-bond donors (Lipinski definition) is 1. The topological polar surface area (TPSA) is 42.1 Å². The summed E-state index contributed by atoms with van der Waals surface area (Å²) < 4.78 is 5.09. The van der Waals surface area contributed by atoms with Gasteiger partial charge in [0.05, 0.1) is 12.8 Å². The van der Waals surface area contributed by atoms with Crippen molar-refractivity contribution in [3.8, 4) is 17.0 Å². The molecule has 0 aliphatic heterocycles. The summed E-state index contributed by atoms with van der Waals surface area (Å²) in [6.07, 6.45) is 0. The van der Waals surface area contributed by atoms with Gasteiger partial charge < -0.3 is 9.72 Å². The Morgan fingerprint density at radius 2 is 2.29 bits per heavy atom. The molecule has 1 heterocycles. The molecular formula is C10H9NO2S. The van der Waals surface area contributed by atoms with E-state index in [-0.39, 0.29) is 4.87 Å². The largest absolute Gasteiger partial charge is 0.497 e. The molecule has 72 valence electrons. The first kappa shape index (κ1) is 9.02. The number of benzene rings is 1. The summed E-state index contributed by atoms with van der Waals surface area (Å²) in [5.74, 6) is 0.787. The molecule has 4 heteroatoms. The number of rotatable bonds is 2. The van der Waals surface area contributed by atoms with Crippen molar-refractivity contribution in [1.82, 2.24) is 4.98 Å². The average molecular weight is 207 g/mol. The van der Waals surface area contributed by atoms with E-state index in [0.29, 0.717) is 0 Å². The van der Waals surface area contributed by atoms with E-state index in [1.807, 2.05) is 24.3 Å². The summed E-state index contributed by atoms with van der Waals surface area (Å²) in [4.78, 5) is 13.7. The van der Waals surface area contributed by atoms with Gasteiger partial charge in [-0.25, -0.2) is 0 Å². The van der Waals surface area contributed by atoms with E-state index in [9.17, 15) is 4.79 Å². The number of nitrogens with one attached hydrogen (secondary N) is 1. The zero-order valence-electron chi connectivity index (χ0n) is 7.61. The summed E-state index contributed by atoms with van der Waals surface area (Å²) in [5, 5.41) is 1.80. The molecule has 0 aliphatic rings. The highest BCUT2D eigenvalue weighted by Crippen LogP contribution is 2.21. The Labute approximate surface area is 85.0 Å². The fourth-order valence-corrected chi connectivity index (χ4v) is 1.80.